The summed E-state index contributed by atoms with van der Waals surface area (Å²) in [5.41, 5.74) is 0.783. The molecule has 134 valence electrons. The molecule has 26 heavy (non-hydrogen) atoms. The van der Waals surface area contributed by atoms with Crippen LogP contribution in [0.4, 0.5) is 5.69 Å². The van der Waals surface area contributed by atoms with Gasteiger partial charge in [-0.1, -0.05) is 17.7 Å². The molecule has 2 N–H and O–H groups in total. The van der Waals surface area contributed by atoms with E-state index in [2.05, 4.69) is 10.6 Å². The molecule has 0 aliphatic rings. The van der Waals surface area contributed by atoms with Crippen LogP contribution < -0.4 is 10.6 Å². The predicted molar refractivity (Wildman–Crippen MR) is 103 cm³/mol. The minimum atomic E-state index is -0.283. The summed E-state index contributed by atoms with van der Waals surface area (Å²) in [5.74, 6) is 0.913. The van der Waals surface area contributed by atoms with Crippen LogP contribution in [0.1, 0.15) is 44.5 Å². The van der Waals surface area contributed by atoms with Gasteiger partial charge in [-0.3, -0.25) is 9.59 Å². The smallest absolute Gasteiger partial charge is 0.265 e. The van der Waals surface area contributed by atoms with E-state index in [4.69, 9.17) is 16.0 Å². The molecule has 0 aliphatic heterocycles. The molecular weight excluding hydrogens is 372 g/mol. The summed E-state index contributed by atoms with van der Waals surface area (Å²) in [6.07, 6.45) is 0. The quantitative estimate of drug-likeness (QED) is 0.642. The van der Waals surface area contributed by atoms with Gasteiger partial charge in [0, 0.05) is 5.56 Å². The van der Waals surface area contributed by atoms with Crippen molar-refractivity contribution in [2.24, 2.45) is 0 Å². The molecular formula is C19H17ClN2O3S. The van der Waals surface area contributed by atoms with Crippen LogP contribution in [0.2, 0.25) is 5.02 Å². The summed E-state index contributed by atoms with van der Waals surface area (Å²) < 4.78 is 5.53. The Kier molecular flexibility index (Phi) is 5.44. The van der Waals surface area contributed by atoms with Crippen LogP contribution in [-0.4, -0.2) is 11.8 Å². The molecule has 1 unspecified atom stereocenters. The fraction of sp³-hybridized carbons (Fsp3) is 0.158. The lowest BCUT2D eigenvalue weighted by Crippen LogP contribution is -2.26. The van der Waals surface area contributed by atoms with Crippen molar-refractivity contribution in [2.75, 3.05) is 5.32 Å². The van der Waals surface area contributed by atoms with Crippen LogP contribution in [0, 0.1) is 6.92 Å². The van der Waals surface area contributed by atoms with E-state index in [1.807, 2.05) is 31.4 Å². The lowest BCUT2D eigenvalue weighted by molar-refractivity contribution is 0.0934. The van der Waals surface area contributed by atoms with Gasteiger partial charge in [0.05, 0.1) is 21.6 Å². The van der Waals surface area contributed by atoms with Crippen molar-refractivity contribution in [3.8, 4) is 0 Å². The fourth-order valence-corrected chi connectivity index (χ4v) is 3.17. The van der Waals surface area contributed by atoms with E-state index in [0.29, 0.717) is 26.9 Å². The summed E-state index contributed by atoms with van der Waals surface area (Å²) in [7, 11) is 0. The molecule has 3 aromatic rings. The number of rotatable bonds is 5. The molecule has 2 amide bonds. The highest BCUT2D eigenvalue weighted by molar-refractivity contribution is 7.12. The van der Waals surface area contributed by atoms with Crippen molar-refractivity contribution in [1.29, 1.82) is 0 Å². The van der Waals surface area contributed by atoms with Crippen molar-refractivity contribution < 1.29 is 14.0 Å². The van der Waals surface area contributed by atoms with Crippen molar-refractivity contribution in [3.05, 3.63) is 74.8 Å². The number of anilines is 1. The second kappa shape index (κ2) is 7.76. The van der Waals surface area contributed by atoms with Crippen molar-refractivity contribution in [1.82, 2.24) is 5.32 Å². The van der Waals surface area contributed by atoms with Gasteiger partial charge in [0.1, 0.15) is 11.5 Å². The van der Waals surface area contributed by atoms with E-state index in [-0.39, 0.29) is 17.9 Å². The van der Waals surface area contributed by atoms with Gasteiger partial charge >= 0.3 is 0 Å². The zero-order valence-corrected chi connectivity index (χ0v) is 15.8. The maximum Gasteiger partial charge on any atom is 0.265 e. The number of hydrogen-bond donors (Lipinski definition) is 2. The number of halogens is 1. The maximum atomic E-state index is 12.5. The van der Waals surface area contributed by atoms with E-state index in [1.165, 1.54) is 11.3 Å². The molecule has 0 saturated carbocycles. The van der Waals surface area contributed by atoms with E-state index in [9.17, 15) is 9.59 Å². The van der Waals surface area contributed by atoms with Crippen LogP contribution in [0.3, 0.4) is 0 Å². The summed E-state index contributed by atoms with van der Waals surface area (Å²) in [6, 6.07) is 11.7. The number of nitrogens with one attached hydrogen (secondary N) is 2. The molecule has 1 aromatic carbocycles. The Labute approximate surface area is 160 Å². The molecule has 0 saturated heterocycles. The Morgan fingerprint density at radius 2 is 1.96 bits per heavy atom. The van der Waals surface area contributed by atoms with Crippen molar-refractivity contribution >= 4 is 40.4 Å². The van der Waals surface area contributed by atoms with Crippen LogP contribution >= 0.6 is 22.9 Å². The Morgan fingerprint density at radius 3 is 2.62 bits per heavy atom. The second-order valence-corrected chi connectivity index (χ2v) is 7.12. The van der Waals surface area contributed by atoms with Crippen LogP contribution in [0.25, 0.3) is 0 Å². The molecule has 7 heteroatoms. The number of carbonyl (C=O) groups excluding carboxylic acids is 2. The predicted octanol–water partition coefficient (Wildman–Crippen LogP) is 5.05. The first-order valence-corrected chi connectivity index (χ1v) is 9.21. The molecule has 1 atom stereocenters. The molecule has 0 fully saturated rings. The monoisotopic (exact) mass is 388 g/mol. The first kappa shape index (κ1) is 18.2. The van der Waals surface area contributed by atoms with Gasteiger partial charge in [-0.15, -0.1) is 11.3 Å². The number of furan rings is 1. The Morgan fingerprint density at radius 1 is 1.15 bits per heavy atom. The third-order valence-corrected chi connectivity index (χ3v) is 4.96. The zero-order valence-electron chi connectivity index (χ0n) is 14.2. The minimum absolute atomic E-state index is 0.265. The molecule has 2 aromatic heterocycles. The largest absolute Gasteiger partial charge is 0.464 e. The third kappa shape index (κ3) is 4.15. The van der Waals surface area contributed by atoms with Crippen molar-refractivity contribution in [3.63, 3.8) is 0 Å². The van der Waals surface area contributed by atoms with Gasteiger partial charge in [-0.05, 0) is 55.6 Å². The Hall–Kier alpha value is -2.57. The van der Waals surface area contributed by atoms with E-state index in [0.717, 1.165) is 5.76 Å². The lowest BCUT2D eigenvalue weighted by Gasteiger charge is -2.13. The second-order valence-electron chi connectivity index (χ2n) is 5.77. The van der Waals surface area contributed by atoms with Gasteiger partial charge in [0.2, 0.25) is 0 Å². The number of carbonyl (C=O) groups is 2. The molecule has 0 aliphatic carbocycles. The highest BCUT2D eigenvalue weighted by Gasteiger charge is 2.16. The Bertz CT molecular complexity index is 934. The summed E-state index contributed by atoms with van der Waals surface area (Å²) in [5, 5.41) is 7.78. The summed E-state index contributed by atoms with van der Waals surface area (Å²) in [4.78, 5) is 25.3. The number of amides is 2. The minimum Gasteiger partial charge on any atom is -0.464 e. The molecule has 2 heterocycles. The average molecular weight is 389 g/mol. The Balaban J connectivity index is 1.73. The number of hydrogen-bond acceptors (Lipinski definition) is 4. The van der Waals surface area contributed by atoms with E-state index >= 15 is 0 Å². The lowest BCUT2D eigenvalue weighted by atomic mass is 10.1. The maximum absolute atomic E-state index is 12.5. The van der Waals surface area contributed by atoms with E-state index in [1.54, 1.807) is 30.3 Å². The molecule has 5 nitrogen and oxygen atoms in total. The number of benzene rings is 1. The van der Waals surface area contributed by atoms with Crippen LogP contribution in [-0.2, 0) is 0 Å². The summed E-state index contributed by atoms with van der Waals surface area (Å²) >= 11 is 7.48. The third-order valence-electron chi connectivity index (χ3n) is 3.76. The topological polar surface area (TPSA) is 71.3 Å². The zero-order chi connectivity index (χ0) is 18.7. The normalized spacial score (nSPS) is 11.8. The molecule has 0 bridgehead atoms. The molecule has 0 radical (unpaired) electrons. The average Bonchev–Trinajstić information content (AvgIpc) is 3.28. The molecule has 0 spiro atoms. The fourth-order valence-electron chi connectivity index (χ4n) is 2.39. The van der Waals surface area contributed by atoms with Gasteiger partial charge < -0.3 is 15.1 Å². The van der Waals surface area contributed by atoms with E-state index < -0.39 is 0 Å². The number of thiophene rings is 1. The van der Waals surface area contributed by atoms with Gasteiger partial charge in [-0.2, -0.15) is 0 Å². The SMILES string of the molecule is Cc1ccc(C(C)NC(=O)c2ccc(Cl)c(NC(=O)c3cccs3)c2)o1. The van der Waals surface area contributed by atoms with Gasteiger partial charge in [0.15, 0.2) is 0 Å². The van der Waals surface area contributed by atoms with Crippen LogP contribution in [0.15, 0.2) is 52.3 Å². The van der Waals surface area contributed by atoms with Crippen LogP contribution in [0.5, 0.6) is 0 Å². The van der Waals surface area contributed by atoms with Gasteiger partial charge in [-0.25, -0.2) is 0 Å². The highest BCUT2D eigenvalue weighted by atomic mass is 35.5. The number of aryl methyl sites for hydroxylation is 1. The highest BCUT2D eigenvalue weighted by Crippen LogP contribution is 2.25. The molecule has 3 rings (SSSR count). The standard InChI is InChI=1S/C19H17ClN2O3S/c1-11-5-8-16(25-11)12(2)21-18(23)13-6-7-14(20)15(10-13)22-19(24)17-4-3-9-26-17/h3-10,12H,1-2H3,(H,21,23)(H,22,24). The van der Waals surface area contributed by atoms with Gasteiger partial charge in [0.25, 0.3) is 11.8 Å². The first-order valence-electron chi connectivity index (χ1n) is 7.95. The van der Waals surface area contributed by atoms with Crippen molar-refractivity contribution in [2.45, 2.75) is 19.9 Å². The summed E-state index contributed by atoms with van der Waals surface area (Å²) in [6.45, 7) is 3.69. The first-order chi connectivity index (χ1) is 12.4.